The van der Waals surface area contributed by atoms with Gasteiger partial charge in [0.05, 0.1) is 17.3 Å². The molecule has 2 N–H and O–H groups in total. The summed E-state index contributed by atoms with van der Waals surface area (Å²) in [6.07, 6.45) is 9.59. The smallest absolute Gasteiger partial charge is 0.280 e. The van der Waals surface area contributed by atoms with E-state index in [4.69, 9.17) is 4.98 Å². The second-order valence-electron chi connectivity index (χ2n) is 8.51. The predicted molar refractivity (Wildman–Crippen MR) is 141 cm³/mol. The highest BCUT2D eigenvalue weighted by Gasteiger charge is 2.29. The lowest BCUT2D eigenvalue weighted by Gasteiger charge is -2.32. The number of hydrogen-bond donors (Lipinski definition) is 2. The molecule has 1 aromatic carbocycles. The minimum absolute atomic E-state index is 0.00919. The highest BCUT2D eigenvalue weighted by Crippen LogP contribution is 2.37. The number of nitrogens with zero attached hydrogens (tertiary/aromatic N) is 6. The SMILES string of the molecule is CCl.O=C(NC1CCCC(n2c(-c3ccccc3F)nc3cnc(-c4ncn[nH]4)cc32)C1)c1nccs1. The quantitative estimate of drug-likeness (QED) is 0.295. The Labute approximate surface area is 221 Å². The molecule has 1 saturated carbocycles. The maximum atomic E-state index is 14.9. The van der Waals surface area contributed by atoms with Gasteiger partial charge in [-0.2, -0.15) is 5.10 Å². The van der Waals surface area contributed by atoms with Crippen LogP contribution in [0.15, 0.2) is 54.4 Å². The lowest BCUT2D eigenvalue weighted by molar-refractivity contribution is 0.0920. The molecule has 9 nitrogen and oxygen atoms in total. The summed E-state index contributed by atoms with van der Waals surface area (Å²) in [6.45, 7) is 0. The molecule has 2 unspecified atom stereocenters. The minimum Gasteiger partial charge on any atom is -0.347 e. The van der Waals surface area contributed by atoms with E-state index in [0.29, 0.717) is 39.9 Å². The number of halogens is 2. The van der Waals surface area contributed by atoms with E-state index < -0.39 is 0 Å². The van der Waals surface area contributed by atoms with Crippen molar-refractivity contribution in [3.05, 3.63) is 65.3 Å². The zero-order chi connectivity index (χ0) is 25.8. The van der Waals surface area contributed by atoms with Crippen LogP contribution in [0.1, 0.15) is 41.5 Å². The summed E-state index contributed by atoms with van der Waals surface area (Å²) >= 11 is 5.96. The summed E-state index contributed by atoms with van der Waals surface area (Å²) in [7, 11) is 0. The number of alkyl halides is 1. The summed E-state index contributed by atoms with van der Waals surface area (Å²) in [6, 6.07) is 8.54. The minimum atomic E-state index is -0.336. The van der Waals surface area contributed by atoms with Gasteiger partial charge in [0, 0.05) is 30.0 Å². The van der Waals surface area contributed by atoms with Gasteiger partial charge in [0.25, 0.3) is 5.91 Å². The van der Waals surface area contributed by atoms with Gasteiger partial charge in [-0.15, -0.1) is 22.9 Å². The molecule has 1 fully saturated rings. The number of imidazole rings is 1. The summed E-state index contributed by atoms with van der Waals surface area (Å²) in [5.74, 6) is 0.597. The lowest BCUT2D eigenvalue weighted by Crippen LogP contribution is -2.39. The Morgan fingerprint density at radius 1 is 1.22 bits per heavy atom. The summed E-state index contributed by atoms with van der Waals surface area (Å²) in [4.78, 5) is 30.2. The number of aromatic nitrogens is 7. The van der Waals surface area contributed by atoms with Crippen LogP contribution in [-0.2, 0) is 0 Å². The molecule has 0 spiro atoms. The van der Waals surface area contributed by atoms with Gasteiger partial charge < -0.3 is 9.88 Å². The first-order chi connectivity index (χ1) is 18.2. The van der Waals surface area contributed by atoms with Gasteiger partial charge >= 0.3 is 0 Å². The van der Waals surface area contributed by atoms with Crippen LogP contribution in [0.4, 0.5) is 4.39 Å². The van der Waals surface area contributed by atoms with Gasteiger partial charge in [0.1, 0.15) is 29.2 Å². The molecule has 12 heteroatoms. The highest BCUT2D eigenvalue weighted by atomic mass is 35.5. The molecule has 0 bridgehead atoms. The van der Waals surface area contributed by atoms with Crippen molar-refractivity contribution in [3.63, 3.8) is 0 Å². The molecule has 1 aliphatic carbocycles. The number of thiazole rings is 1. The van der Waals surface area contributed by atoms with Crippen LogP contribution >= 0.6 is 22.9 Å². The number of hydrogen-bond acceptors (Lipinski definition) is 7. The van der Waals surface area contributed by atoms with Gasteiger partial charge in [0.2, 0.25) is 0 Å². The molecule has 5 aromatic rings. The van der Waals surface area contributed by atoms with Crippen LogP contribution in [0.2, 0.25) is 0 Å². The fourth-order valence-electron chi connectivity index (χ4n) is 4.77. The molecule has 1 aliphatic rings. The first kappa shape index (κ1) is 25.0. The van der Waals surface area contributed by atoms with E-state index in [1.54, 1.807) is 36.0 Å². The van der Waals surface area contributed by atoms with Crippen LogP contribution < -0.4 is 5.32 Å². The van der Waals surface area contributed by atoms with E-state index in [1.165, 1.54) is 30.1 Å². The number of rotatable bonds is 5. The van der Waals surface area contributed by atoms with Crippen molar-refractivity contribution in [2.24, 2.45) is 0 Å². The van der Waals surface area contributed by atoms with Gasteiger partial charge in [-0.3, -0.25) is 14.9 Å². The Morgan fingerprint density at radius 2 is 2.08 bits per heavy atom. The van der Waals surface area contributed by atoms with Crippen molar-refractivity contribution in [2.75, 3.05) is 6.38 Å². The zero-order valence-corrected chi connectivity index (χ0v) is 21.5. The molecular formula is C25H24ClFN8OS. The Bertz CT molecular complexity index is 1490. The van der Waals surface area contributed by atoms with Crippen LogP contribution in [0.25, 0.3) is 33.9 Å². The third-order valence-electron chi connectivity index (χ3n) is 6.32. The van der Waals surface area contributed by atoms with E-state index >= 15 is 0 Å². The maximum Gasteiger partial charge on any atom is 0.280 e. The fraction of sp³-hybridized carbons (Fsp3) is 0.280. The van der Waals surface area contributed by atoms with Crippen LogP contribution in [0.5, 0.6) is 0 Å². The first-order valence-corrected chi connectivity index (χ1v) is 13.4. The molecule has 0 saturated heterocycles. The van der Waals surface area contributed by atoms with Crippen molar-refractivity contribution in [2.45, 2.75) is 37.8 Å². The lowest BCUT2D eigenvalue weighted by atomic mass is 9.90. The number of benzene rings is 1. The second-order valence-corrected chi connectivity index (χ2v) is 9.40. The first-order valence-electron chi connectivity index (χ1n) is 11.7. The molecule has 4 heterocycles. The van der Waals surface area contributed by atoms with Gasteiger partial charge in [0.15, 0.2) is 10.8 Å². The largest absolute Gasteiger partial charge is 0.347 e. The molecule has 1 amide bonds. The summed E-state index contributed by atoms with van der Waals surface area (Å²) in [5.41, 5.74) is 2.56. The van der Waals surface area contributed by atoms with Gasteiger partial charge in [-0.1, -0.05) is 12.1 Å². The number of carbonyl (C=O) groups excluding carboxylic acids is 1. The fourth-order valence-corrected chi connectivity index (χ4v) is 5.31. The van der Waals surface area contributed by atoms with Crippen LogP contribution in [0, 0.1) is 5.82 Å². The average Bonchev–Trinajstić information content (AvgIpc) is 3.71. The standard InChI is InChI=1S/C24H21FN8OS.CH3Cl/c25-17-7-2-1-6-16(17)22-31-19-12-27-18(21-28-13-29-32-21)11-20(19)33(22)15-5-3-4-14(10-15)30-23(34)24-26-8-9-35-24;1-2/h1-2,6-9,11-15H,3-5,10H2,(H,30,34)(H,28,29,32);1H3. The number of aromatic amines is 1. The molecule has 4 aromatic heterocycles. The van der Waals surface area contributed by atoms with Crippen LogP contribution in [0.3, 0.4) is 0 Å². The number of nitrogens with one attached hydrogen (secondary N) is 2. The molecule has 37 heavy (non-hydrogen) atoms. The predicted octanol–water partition coefficient (Wildman–Crippen LogP) is 5.25. The Morgan fingerprint density at radius 3 is 2.84 bits per heavy atom. The van der Waals surface area contributed by atoms with E-state index in [0.717, 1.165) is 24.8 Å². The van der Waals surface area contributed by atoms with Gasteiger partial charge in [-0.05, 0) is 43.9 Å². The van der Waals surface area contributed by atoms with Crippen molar-refractivity contribution in [1.82, 2.24) is 40.0 Å². The monoisotopic (exact) mass is 538 g/mol. The zero-order valence-electron chi connectivity index (χ0n) is 19.9. The number of carbonyl (C=O) groups is 1. The molecule has 6 rings (SSSR count). The number of H-pyrrole nitrogens is 1. The molecule has 2 atom stereocenters. The van der Waals surface area contributed by atoms with Crippen molar-refractivity contribution in [3.8, 4) is 22.9 Å². The van der Waals surface area contributed by atoms with Crippen molar-refractivity contribution in [1.29, 1.82) is 0 Å². The molecule has 0 radical (unpaired) electrons. The van der Waals surface area contributed by atoms with E-state index in [1.807, 2.05) is 6.07 Å². The van der Waals surface area contributed by atoms with E-state index in [9.17, 15) is 9.18 Å². The average molecular weight is 539 g/mol. The maximum absolute atomic E-state index is 14.9. The topological polar surface area (TPSA) is 114 Å². The third kappa shape index (κ3) is 5.09. The number of fused-ring (bicyclic) bond motifs is 1. The second kappa shape index (κ2) is 11.1. The Kier molecular flexibility index (Phi) is 7.52. The van der Waals surface area contributed by atoms with Crippen LogP contribution in [-0.4, -0.2) is 53.0 Å². The normalized spacial score (nSPS) is 17.3. The molecule has 0 aliphatic heterocycles. The number of amides is 1. The Hall–Kier alpha value is -3.70. The molecule has 190 valence electrons. The number of pyridine rings is 1. The Balaban J connectivity index is 0.00000137. The third-order valence-corrected chi connectivity index (χ3v) is 7.09. The van der Waals surface area contributed by atoms with Crippen molar-refractivity contribution < 1.29 is 9.18 Å². The van der Waals surface area contributed by atoms with E-state index in [-0.39, 0.29) is 23.8 Å². The van der Waals surface area contributed by atoms with Gasteiger partial charge in [-0.25, -0.2) is 19.3 Å². The molecular weight excluding hydrogens is 515 g/mol. The highest BCUT2D eigenvalue weighted by molar-refractivity contribution is 7.11. The van der Waals surface area contributed by atoms with E-state index in [2.05, 4.69) is 46.6 Å². The van der Waals surface area contributed by atoms with Crippen molar-refractivity contribution >= 4 is 39.9 Å². The summed E-state index contributed by atoms with van der Waals surface area (Å²) in [5, 5.41) is 12.1. The summed E-state index contributed by atoms with van der Waals surface area (Å²) < 4.78 is 17.0.